The molecule has 1 nitrogen and oxygen atoms in total. The molecule has 1 heteroatoms. The summed E-state index contributed by atoms with van der Waals surface area (Å²) in [7, 11) is 0. The molecule has 80 valence electrons. The zero-order valence-electron chi connectivity index (χ0n) is 9.99. The van der Waals surface area contributed by atoms with Crippen molar-refractivity contribution >= 4 is 22.2 Å². The van der Waals surface area contributed by atoms with E-state index in [0.29, 0.717) is 6.04 Å². The molecule has 0 radical (unpaired) electrons. The zero-order valence-corrected chi connectivity index (χ0v) is 9.99. The van der Waals surface area contributed by atoms with Gasteiger partial charge in [0, 0.05) is 13.0 Å². The lowest BCUT2D eigenvalue weighted by Gasteiger charge is -2.04. The number of benzene rings is 2. The van der Waals surface area contributed by atoms with Crippen LogP contribution in [0.2, 0.25) is 0 Å². The van der Waals surface area contributed by atoms with E-state index >= 15 is 0 Å². The van der Waals surface area contributed by atoms with Gasteiger partial charge in [-0.3, -0.25) is 0 Å². The molecule has 0 aromatic heterocycles. The second-order valence-electron chi connectivity index (χ2n) is 4.73. The van der Waals surface area contributed by atoms with Crippen molar-refractivity contribution in [3.05, 3.63) is 42.0 Å². The standard InChI is InChI=1S/C15H16N/c1-10(2)16-11(3)13-8-4-6-12-7-5-9-14(16)15(12)13/h4-10H,1-3H3/q+1. The first-order chi connectivity index (χ1) is 7.70. The Hall–Kier alpha value is -1.63. The first kappa shape index (κ1) is 9.59. The Morgan fingerprint density at radius 2 is 1.69 bits per heavy atom. The maximum atomic E-state index is 2.43. The van der Waals surface area contributed by atoms with Crippen molar-refractivity contribution in [2.24, 2.45) is 0 Å². The fourth-order valence-electron chi connectivity index (χ4n) is 2.80. The molecular weight excluding hydrogens is 194 g/mol. The SMILES string of the molecule is CC1=[N+](C(C)C)c2cccc3cccc1c23. The third-order valence-electron chi connectivity index (χ3n) is 3.41. The van der Waals surface area contributed by atoms with Crippen LogP contribution in [0.15, 0.2) is 36.4 Å². The third kappa shape index (κ3) is 1.09. The third-order valence-corrected chi connectivity index (χ3v) is 3.41. The van der Waals surface area contributed by atoms with Crippen LogP contribution >= 0.6 is 0 Å². The van der Waals surface area contributed by atoms with Gasteiger partial charge >= 0.3 is 0 Å². The van der Waals surface area contributed by atoms with Crippen molar-refractivity contribution in [2.45, 2.75) is 26.8 Å². The smallest absolute Gasteiger partial charge is 0.193 e. The summed E-state index contributed by atoms with van der Waals surface area (Å²) in [6.07, 6.45) is 0. The highest BCUT2D eigenvalue weighted by atomic mass is 15.1. The average Bonchev–Trinajstić information content (AvgIpc) is 2.55. The van der Waals surface area contributed by atoms with Gasteiger partial charge in [-0.05, 0) is 25.3 Å². The molecule has 0 fully saturated rings. The van der Waals surface area contributed by atoms with Crippen LogP contribution in [0.5, 0.6) is 0 Å². The maximum Gasteiger partial charge on any atom is 0.214 e. The molecule has 0 atom stereocenters. The highest BCUT2D eigenvalue weighted by molar-refractivity contribution is 6.14. The maximum absolute atomic E-state index is 2.43. The molecule has 0 saturated carbocycles. The molecule has 0 aliphatic carbocycles. The molecule has 0 saturated heterocycles. The Morgan fingerprint density at radius 3 is 2.38 bits per heavy atom. The Kier molecular flexibility index (Phi) is 1.90. The van der Waals surface area contributed by atoms with Crippen LogP contribution < -0.4 is 0 Å². The van der Waals surface area contributed by atoms with Gasteiger partial charge < -0.3 is 0 Å². The van der Waals surface area contributed by atoms with Crippen LogP contribution in [0.3, 0.4) is 0 Å². The van der Waals surface area contributed by atoms with Gasteiger partial charge in [-0.25, -0.2) is 0 Å². The Labute approximate surface area is 96.0 Å². The zero-order chi connectivity index (χ0) is 11.3. The van der Waals surface area contributed by atoms with Crippen molar-refractivity contribution in [1.29, 1.82) is 0 Å². The lowest BCUT2D eigenvalue weighted by atomic mass is 10.0. The van der Waals surface area contributed by atoms with E-state index in [1.165, 1.54) is 27.7 Å². The minimum absolute atomic E-state index is 0.512. The lowest BCUT2D eigenvalue weighted by molar-refractivity contribution is -0.472. The highest BCUT2D eigenvalue weighted by Crippen LogP contribution is 2.35. The second-order valence-corrected chi connectivity index (χ2v) is 4.73. The van der Waals surface area contributed by atoms with E-state index in [1.54, 1.807) is 0 Å². The number of hydrogen-bond acceptors (Lipinski definition) is 0. The topological polar surface area (TPSA) is 3.01 Å². The minimum Gasteiger partial charge on any atom is -0.193 e. The number of rotatable bonds is 1. The fraction of sp³-hybridized carbons (Fsp3) is 0.267. The van der Waals surface area contributed by atoms with E-state index in [4.69, 9.17) is 0 Å². The number of hydrogen-bond donors (Lipinski definition) is 0. The number of nitrogens with zero attached hydrogens (tertiary/aromatic N) is 1. The molecule has 3 rings (SSSR count). The van der Waals surface area contributed by atoms with Crippen LogP contribution in [0.1, 0.15) is 26.3 Å². The normalized spacial score (nSPS) is 14.2. The molecule has 1 aliphatic heterocycles. The van der Waals surface area contributed by atoms with Gasteiger partial charge in [-0.15, -0.1) is 0 Å². The molecule has 1 aliphatic rings. The summed E-state index contributed by atoms with van der Waals surface area (Å²) in [5, 5.41) is 2.76. The van der Waals surface area contributed by atoms with Crippen molar-refractivity contribution in [1.82, 2.24) is 0 Å². The minimum atomic E-state index is 0.512. The fourth-order valence-corrected chi connectivity index (χ4v) is 2.80. The van der Waals surface area contributed by atoms with Gasteiger partial charge in [0.1, 0.15) is 0 Å². The van der Waals surface area contributed by atoms with Gasteiger partial charge in [0.15, 0.2) is 11.8 Å². The first-order valence-corrected chi connectivity index (χ1v) is 5.85. The van der Waals surface area contributed by atoms with Crippen LogP contribution in [0.25, 0.3) is 10.8 Å². The van der Waals surface area contributed by atoms with Crippen LogP contribution in [-0.4, -0.2) is 16.3 Å². The molecule has 16 heavy (non-hydrogen) atoms. The van der Waals surface area contributed by atoms with Gasteiger partial charge in [0.05, 0.1) is 10.9 Å². The molecule has 2 aromatic rings. The van der Waals surface area contributed by atoms with E-state index < -0.39 is 0 Å². The molecule has 2 aromatic carbocycles. The molecule has 0 N–H and O–H groups in total. The summed E-state index contributed by atoms with van der Waals surface area (Å²) >= 11 is 0. The van der Waals surface area contributed by atoms with Crippen molar-refractivity contribution in [3.63, 3.8) is 0 Å². The van der Waals surface area contributed by atoms with E-state index in [9.17, 15) is 0 Å². The van der Waals surface area contributed by atoms with Crippen LogP contribution in [0, 0.1) is 0 Å². The largest absolute Gasteiger partial charge is 0.214 e. The van der Waals surface area contributed by atoms with Crippen molar-refractivity contribution in [2.75, 3.05) is 0 Å². The van der Waals surface area contributed by atoms with Gasteiger partial charge in [0.2, 0.25) is 5.69 Å². The summed E-state index contributed by atoms with van der Waals surface area (Å²) < 4.78 is 2.43. The Morgan fingerprint density at radius 1 is 1.00 bits per heavy atom. The molecule has 1 heterocycles. The molecule has 0 bridgehead atoms. The summed E-state index contributed by atoms with van der Waals surface area (Å²) in [4.78, 5) is 0. The Balaban J connectivity index is 2.46. The predicted octanol–water partition coefficient (Wildman–Crippen LogP) is 3.71. The van der Waals surface area contributed by atoms with E-state index in [-0.39, 0.29) is 0 Å². The van der Waals surface area contributed by atoms with E-state index in [2.05, 4.69) is 61.7 Å². The first-order valence-electron chi connectivity index (χ1n) is 5.85. The summed E-state index contributed by atoms with van der Waals surface area (Å²) in [6.45, 7) is 6.71. The summed E-state index contributed by atoms with van der Waals surface area (Å²) in [5.41, 5.74) is 4.13. The molecule has 0 spiro atoms. The summed E-state index contributed by atoms with van der Waals surface area (Å²) in [5.74, 6) is 0. The van der Waals surface area contributed by atoms with Gasteiger partial charge in [-0.1, -0.05) is 24.3 Å². The van der Waals surface area contributed by atoms with Crippen LogP contribution in [0.4, 0.5) is 5.69 Å². The summed E-state index contributed by atoms with van der Waals surface area (Å²) in [6, 6.07) is 13.6. The molecule has 0 unspecified atom stereocenters. The lowest BCUT2D eigenvalue weighted by Crippen LogP contribution is -2.18. The Bertz CT molecular complexity index is 601. The monoisotopic (exact) mass is 210 g/mol. The van der Waals surface area contributed by atoms with Gasteiger partial charge in [-0.2, -0.15) is 4.58 Å². The van der Waals surface area contributed by atoms with Crippen molar-refractivity contribution in [3.8, 4) is 0 Å². The molecular formula is C15H16N+. The molecule has 0 amide bonds. The van der Waals surface area contributed by atoms with Crippen molar-refractivity contribution < 1.29 is 4.58 Å². The van der Waals surface area contributed by atoms with E-state index in [0.717, 1.165) is 0 Å². The van der Waals surface area contributed by atoms with E-state index in [1.807, 2.05) is 0 Å². The van der Waals surface area contributed by atoms with Gasteiger partial charge in [0.25, 0.3) is 0 Å². The predicted molar refractivity (Wildman–Crippen MR) is 68.8 cm³/mol. The quantitative estimate of drug-likeness (QED) is 0.631. The highest BCUT2D eigenvalue weighted by Gasteiger charge is 2.30. The average molecular weight is 210 g/mol. The van der Waals surface area contributed by atoms with Crippen LogP contribution in [-0.2, 0) is 0 Å². The second kappa shape index (κ2) is 3.18.